The fourth-order valence-corrected chi connectivity index (χ4v) is 2.65. The number of pyridine rings is 1. The third kappa shape index (κ3) is 1.77. The van der Waals surface area contributed by atoms with Gasteiger partial charge < -0.3 is 0 Å². The molecule has 1 aliphatic rings. The Hall–Kier alpha value is -1.85. The Labute approximate surface area is 111 Å². The molecule has 3 heteroatoms. The van der Waals surface area contributed by atoms with Crippen LogP contribution in [0.4, 0.5) is 0 Å². The van der Waals surface area contributed by atoms with Crippen molar-refractivity contribution in [1.82, 2.24) is 4.98 Å². The molecule has 0 amide bonds. The van der Waals surface area contributed by atoms with Gasteiger partial charge in [0.15, 0.2) is 0 Å². The molecule has 0 spiro atoms. The first-order valence-electron chi connectivity index (χ1n) is 5.97. The zero-order valence-electron chi connectivity index (χ0n) is 9.78. The van der Waals surface area contributed by atoms with Gasteiger partial charge in [-0.15, -0.1) is 0 Å². The molecule has 0 saturated heterocycles. The maximum atomic E-state index is 9.01. The number of nitriles is 1. The number of fused-ring (bicyclic) bond motifs is 3. The maximum absolute atomic E-state index is 9.01. The second kappa shape index (κ2) is 4.44. The lowest BCUT2D eigenvalue weighted by Gasteiger charge is -2.09. The zero-order chi connectivity index (χ0) is 12.5. The van der Waals surface area contributed by atoms with Crippen molar-refractivity contribution in [2.24, 2.45) is 0 Å². The van der Waals surface area contributed by atoms with Crippen LogP contribution < -0.4 is 0 Å². The van der Waals surface area contributed by atoms with Gasteiger partial charge in [0.2, 0.25) is 0 Å². The SMILES string of the molecule is N#Cc1cc2c(nc1Cl)-c1ccccc1CCC2. The Morgan fingerprint density at radius 2 is 1.94 bits per heavy atom. The van der Waals surface area contributed by atoms with E-state index in [-0.39, 0.29) is 0 Å². The molecule has 2 aromatic rings. The highest BCUT2D eigenvalue weighted by molar-refractivity contribution is 6.30. The largest absolute Gasteiger partial charge is 0.234 e. The summed E-state index contributed by atoms with van der Waals surface area (Å²) in [6.07, 6.45) is 3.08. The fourth-order valence-electron chi connectivity index (χ4n) is 2.47. The summed E-state index contributed by atoms with van der Waals surface area (Å²) in [6.45, 7) is 0. The molecule has 0 N–H and O–H groups in total. The van der Waals surface area contributed by atoms with Crippen LogP contribution in [0.1, 0.15) is 23.1 Å². The monoisotopic (exact) mass is 254 g/mol. The predicted octanol–water partition coefficient (Wildman–Crippen LogP) is 3.76. The van der Waals surface area contributed by atoms with Gasteiger partial charge in [-0.25, -0.2) is 4.98 Å². The molecule has 0 radical (unpaired) electrons. The molecule has 1 aromatic heterocycles. The maximum Gasteiger partial charge on any atom is 0.147 e. The van der Waals surface area contributed by atoms with E-state index in [1.807, 2.05) is 12.1 Å². The molecule has 2 nitrogen and oxygen atoms in total. The summed E-state index contributed by atoms with van der Waals surface area (Å²) in [7, 11) is 0. The second-order valence-electron chi connectivity index (χ2n) is 4.46. The lowest BCUT2D eigenvalue weighted by atomic mass is 10.0. The zero-order valence-corrected chi connectivity index (χ0v) is 10.5. The van der Waals surface area contributed by atoms with Gasteiger partial charge in [0.25, 0.3) is 0 Å². The van der Waals surface area contributed by atoms with E-state index >= 15 is 0 Å². The molecule has 1 aliphatic carbocycles. The van der Waals surface area contributed by atoms with Gasteiger partial charge in [-0.3, -0.25) is 0 Å². The van der Waals surface area contributed by atoms with Crippen LogP contribution in [0.15, 0.2) is 30.3 Å². The van der Waals surface area contributed by atoms with E-state index in [2.05, 4.69) is 29.3 Å². The van der Waals surface area contributed by atoms with Crippen molar-refractivity contribution in [3.05, 3.63) is 52.2 Å². The van der Waals surface area contributed by atoms with E-state index in [1.165, 1.54) is 5.56 Å². The first-order chi connectivity index (χ1) is 8.79. The Balaban J connectivity index is 2.28. The molecule has 0 aliphatic heterocycles. The third-order valence-electron chi connectivity index (χ3n) is 3.34. The number of halogens is 1. The van der Waals surface area contributed by atoms with E-state index in [9.17, 15) is 0 Å². The highest BCUT2D eigenvalue weighted by atomic mass is 35.5. The van der Waals surface area contributed by atoms with E-state index in [0.717, 1.165) is 36.1 Å². The molecule has 0 unspecified atom stereocenters. The van der Waals surface area contributed by atoms with Crippen molar-refractivity contribution in [3.8, 4) is 17.3 Å². The third-order valence-corrected chi connectivity index (χ3v) is 3.63. The van der Waals surface area contributed by atoms with Crippen molar-refractivity contribution in [2.75, 3.05) is 0 Å². The van der Waals surface area contributed by atoms with Crippen molar-refractivity contribution < 1.29 is 0 Å². The second-order valence-corrected chi connectivity index (χ2v) is 4.81. The van der Waals surface area contributed by atoms with E-state index < -0.39 is 0 Å². The van der Waals surface area contributed by atoms with E-state index in [0.29, 0.717) is 10.7 Å². The lowest BCUT2D eigenvalue weighted by molar-refractivity contribution is 0.833. The summed E-state index contributed by atoms with van der Waals surface area (Å²) in [5.41, 5.74) is 4.99. The van der Waals surface area contributed by atoms with Gasteiger partial charge in [-0.1, -0.05) is 35.9 Å². The molecule has 0 fully saturated rings. The first-order valence-corrected chi connectivity index (χ1v) is 6.35. The number of hydrogen-bond donors (Lipinski definition) is 0. The Kier molecular flexibility index (Phi) is 2.77. The quantitative estimate of drug-likeness (QED) is 0.671. The predicted molar refractivity (Wildman–Crippen MR) is 71.4 cm³/mol. The van der Waals surface area contributed by atoms with Crippen molar-refractivity contribution in [2.45, 2.75) is 19.3 Å². The number of benzene rings is 1. The van der Waals surface area contributed by atoms with Crippen LogP contribution in [0.5, 0.6) is 0 Å². The number of nitrogens with zero attached hydrogens (tertiary/aromatic N) is 2. The van der Waals surface area contributed by atoms with Crippen LogP contribution in [0.3, 0.4) is 0 Å². The average molecular weight is 255 g/mol. The topological polar surface area (TPSA) is 36.7 Å². The molecule has 18 heavy (non-hydrogen) atoms. The van der Waals surface area contributed by atoms with Crippen LogP contribution in [0.25, 0.3) is 11.3 Å². The summed E-state index contributed by atoms with van der Waals surface area (Å²) < 4.78 is 0. The molecular formula is C15H11ClN2. The summed E-state index contributed by atoms with van der Waals surface area (Å²) in [5, 5.41) is 9.31. The molecule has 3 rings (SSSR count). The lowest BCUT2D eigenvalue weighted by Crippen LogP contribution is -1.95. The van der Waals surface area contributed by atoms with Crippen molar-refractivity contribution in [1.29, 1.82) is 5.26 Å². The highest BCUT2D eigenvalue weighted by Crippen LogP contribution is 2.32. The van der Waals surface area contributed by atoms with Crippen molar-refractivity contribution in [3.63, 3.8) is 0 Å². The van der Waals surface area contributed by atoms with Gasteiger partial charge in [-0.05, 0) is 36.5 Å². The molecule has 1 aromatic carbocycles. The van der Waals surface area contributed by atoms with Gasteiger partial charge in [0.05, 0.1) is 11.3 Å². The number of rotatable bonds is 0. The Morgan fingerprint density at radius 1 is 1.17 bits per heavy atom. The summed E-state index contributed by atoms with van der Waals surface area (Å²) in [4.78, 5) is 4.43. The van der Waals surface area contributed by atoms with Crippen LogP contribution >= 0.6 is 11.6 Å². The number of aryl methyl sites for hydroxylation is 2. The Bertz CT molecular complexity index is 656. The normalized spacial score (nSPS) is 13.1. The smallest absolute Gasteiger partial charge is 0.147 e. The first kappa shape index (κ1) is 11.3. The highest BCUT2D eigenvalue weighted by Gasteiger charge is 2.17. The van der Waals surface area contributed by atoms with Crippen LogP contribution in [-0.4, -0.2) is 4.98 Å². The standard InChI is InChI=1S/C15H11ClN2/c16-15-12(9-17)8-11-6-3-5-10-4-1-2-7-13(10)14(11)18-15/h1-2,4,7-8H,3,5-6H2. The van der Waals surface area contributed by atoms with Gasteiger partial charge in [0, 0.05) is 5.56 Å². The minimum Gasteiger partial charge on any atom is -0.234 e. The van der Waals surface area contributed by atoms with Gasteiger partial charge in [0.1, 0.15) is 11.2 Å². The molecule has 88 valence electrons. The average Bonchev–Trinajstić information content (AvgIpc) is 2.57. The molecule has 1 heterocycles. The fraction of sp³-hybridized carbons (Fsp3) is 0.200. The number of hydrogen-bond acceptors (Lipinski definition) is 2. The summed E-state index contributed by atoms with van der Waals surface area (Å²) >= 11 is 6.05. The van der Waals surface area contributed by atoms with Crippen LogP contribution in [0, 0.1) is 11.3 Å². The van der Waals surface area contributed by atoms with Gasteiger partial charge >= 0.3 is 0 Å². The summed E-state index contributed by atoms with van der Waals surface area (Å²) in [6, 6.07) is 12.3. The Morgan fingerprint density at radius 3 is 2.78 bits per heavy atom. The molecular weight excluding hydrogens is 244 g/mol. The molecule has 0 bridgehead atoms. The van der Waals surface area contributed by atoms with Crippen LogP contribution in [-0.2, 0) is 12.8 Å². The van der Waals surface area contributed by atoms with E-state index in [1.54, 1.807) is 0 Å². The minimum absolute atomic E-state index is 0.299. The minimum atomic E-state index is 0.299. The van der Waals surface area contributed by atoms with Crippen LogP contribution in [0.2, 0.25) is 5.15 Å². The molecule has 0 saturated carbocycles. The van der Waals surface area contributed by atoms with Gasteiger partial charge in [-0.2, -0.15) is 5.26 Å². The van der Waals surface area contributed by atoms with Crippen molar-refractivity contribution >= 4 is 11.6 Å². The number of aromatic nitrogens is 1. The molecule has 0 atom stereocenters. The summed E-state index contributed by atoms with van der Waals surface area (Å²) in [5.74, 6) is 0. The van der Waals surface area contributed by atoms with E-state index in [4.69, 9.17) is 16.9 Å².